The molecule has 0 spiro atoms. The molecule has 3 rings (SSSR count). The number of carbonyl (C=O) groups is 1. The van der Waals surface area contributed by atoms with Gasteiger partial charge in [-0.3, -0.25) is 4.79 Å². The van der Waals surface area contributed by atoms with Crippen molar-refractivity contribution in [3.8, 4) is 0 Å². The number of rotatable bonds is 4. The number of hydrogen-bond acceptors (Lipinski definition) is 2. The van der Waals surface area contributed by atoms with Crippen LogP contribution in [0, 0.1) is 23.7 Å². The molecule has 3 nitrogen and oxygen atoms in total. The quantitative estimate of drug-likeness (QED) is 0.834. The molecule has 4 heteroatoms. The van der Waals surface area contributed by atoms with E-state index in [-0.39, 0.29) is 18.3 Å². The van der Waals surface area contributed by atoms with E-state index >= 15 is 0 Å². The molecule has 0 aromatic heterocycles. The maximum absolute atomic E-state index is 12.1. The van der Waals surface area contributed by atoms with Crippen molar-refractivity contribution in [2.45, 2.75) is 57.4 Å². The Morgan fingerprint density at radius 2 is 1.95 bits per heavy atom. The number of hydrogen-bond donors (Lipinski definition) is 2. The van der Waals surface area contributed by atoms with Gasteiger partial charge in [0.1, 0.15) is 0 Å². The van der Waals surface area contributed by atoms with Crippen molar-refractivity contribution >= 4 is 18.3 Å². The molecular formula is C15H27ClN2O. The largest absolute Gasteiger partial charge is 0.353 e. The van der Waals surface area contributed by atoms with Crippen LogP contribution in [-0.2, 0) is 4.79 Å². The molecule has 3 aliphatic carbocycles. The summed E-state index contributed by atoms with van der Waals surface area (Å²) in [5, 5.41) is 3.25. The molecule has 0 heterocycles. The van der Waals surface area contributed by atoms with Crippen LogP contribution in [0.5, 0.6) is 0 Å². The van der Waals surface area contributed by atoms with Crippen LogP contribution in [0.4, 0.5) is 0 Å². The molecule has 0 aromatic rings. The smallest absolute Gasteiger partial charge is 0.220 e. The normalized spacial score (nSPS) is 40.2. The van der Waals surface area contributed by atoms with Crippen molar-refractivity contribution in [1.29, 1.82) is 0 Å². The molecule has 2 bridgehead atoms. The first-order valence-electron chi connectivity index (χ1n) is 7.75. The molecule has 5 unspecified atom stereocenters. The minimum Gasteiger partial charge on any atom is -0.353 e. The fourth-order valence-corrected chi connectivity index (χ4v) is 4.64. The summed E-state index contributed by atoms with van der Waals surface area (Å²) in [5.74, 6) is 3.29. The van der Waals surface area contributed by atoms with Crippen molar-refractivity contribution < 1.29 is 4.79 Å². The summed E-state index contributed by atoms with van der Waals surface area (Å²) >= 11 is 0. The highest BCUT2D eigenvalue weighted by atomic mass is 35.5. The summed E-state index contributed by atoms with van der Waals surface area (Å²) in [5.41, 5.74) is 5.76. The van der Waals surface area contributed by atoms with E-state index in [1.54, 1.807) is 0 Å². The Balaban J connectivity index is 0.00000133. The molecule has 0 radical (unpaired) electrons. The van der Waals surface area contributed by atoms with Gasteiger partial charge < -0.3 is 11.1 Å². The lowest BCUT2D eigenvalue weighted by Crippen LogP contribution is -2.40. The highest BCUT2D eigenvalue weighted by molar-refractivity contribution is 5.85. The average Bonchev–Trinajstić information content (AvgIpc) is 3.04. The first-order valence-corrected chi connectivity index (χ1v) is 7.75. The molecule has 5 atom stereocenters. The Morgan fingerprint density at radius 3 is 2.58 bits per heavy atom. The highest BCUT2D eigenvalue weighted by Gasteiger charge is 2.40. The van der Waals surface area contributed by atoms with E-state index < -0.39 is 0 Å². The number of fused-ring (bicyclic) bond motifs is 2. The van der Waals surface area contributed by atoms with Crippen LogP contribution in [0.2, 0.25) is 0 Å². The van der Waals surface area contributed by atoms with Gasteiger partial charge in [0.15, 0.2) is 0 Å². The average molecular weight is 287 g/mol. The summed E-state index contributed by atoms with van der Waals surface area (Å²) in [4.78, 5) is 12.1. The van der Waals surface area contributed by atoms with E-state index in [1.165, 1.54) is 38.5 Å². The lowest BCUT2D eigenvalue weighted by molar-refractivity contribution is -0.123. The standard InChI is InChI=1S/C15H26N2O.ClH/c16-9-12-2-1-3-14(12)17-15(18)8-13-7-10-4-5-11(13)6-10;/h10-14H,1-9,16H2,(H,17,18);1H. The molecule has 3 fully saturated rings. The van der Waals surface area contributed by atoms with Gasteiger partial charge >= 0.3 is 0 Å². The molecule has 0 aliphatic heterocycles. The van der Waals surface area contributed by atoms with Crippen LogP contribution in [0.1, 0.15) is 51.4 Å². The molecule has 19 heavy (non-hydrogen) atoms. The van der Waals surface area contributed by atoms with Crippen LogP contribution in [0.15, 0.2) is 0 Å². The van der Waals surface area contributed by atoms with Gasteiger partial charge in [-0.05, 0) is 62.3 Å². The van der Waals surface area contributed by atoms with Crippen LogP contribution < -0.4 is 11.1 Å². The van der Waals surface area contributed by atoms with Crippen molar-refractivity contribution in [3.05, 3.63) is 0 Å². The predicted octanol–water partition coefficient (Wildman–Crippen LogP) is 2.48. The Kier molecular flexibility index (Phi) is 5.13. The van der Waals surface area contributed by atoms with Gasteiger partial charge in [-0.15, -0.1) is 12.4 Å². The SMILES string of the molecule is Cl.NCC1CCCC1NC(=O)CC1CC2CCC1C2. The zero-order valence-corrected chi connectivity index (χ0v) is 12.5. The number of carbonyl (C=O) groups excluding carboxylic acids is 1. The molecule has 3 aliphatic rings. The predicted molar refractivity (Wildman–Crippen MR) is 79.1 cm³/mol. The van der Waals surface area contributed by atoms with E-state index in [0.717, 1.165) is 31.2 Å². The fourth-order valence-electron chi connectivity index (χ4n) is 4.64. The first-order chi connectivity index (χ1) is 8.76. The van der Waals surface area contributed by atoms with Gasteiger partial charge in [-0.1, -0.05) is 12.8 Å². The zero-order valence-electron chi connectivity index (χ0n) is 11.6. The van der Waals surface area contributed by atoms with Crippen LogP contribution in [0.3, 0.4) is 0 Å². The molecular weight excluding hydrogens is 260 g/mol. The second-order valence-electron chi connectivity index (χ2n) is 6.74. The number of nitrogens with two attached hydrogens (primary N) is 1. The van der Waals surface area contributed by atoms with Crippen LogP contribution in [0.25, 0.3) is 0 Å². The van der Waals surface area contributed by atoms with Gasteiger partial charge in [-0.25, -0.2) is 0 Å². The van der Waals surface area contributed by atoms with Gasteiger partial charge in [0.25, 0.3) is 0 Å². The lowest BCUT2D eigenvalue weighted by atomic mass is 9.86. The molecule has 1 amide bonds. The van der Waals surface area contributed by atoms with E-state index in [1.807, 2.05) is 0 Å². The monoisotopic (exact) mass is 286 g/mol. The fraction of sp³-hybridized carbons (Fsp3) is 0.933. The Labute approximate surface area is 122 Å². The van der Waals surface area contributed by atoms with E-state index in [9.17, 15) is 4.79 Å². The van der Waals surface area contributed by atoms with Crippen molar-refractivity contribution in [2.75, 3.05) is 6.54 Å². The zero-order chi connectivity index (χ0) is 12.5. The number of amides is 1. The first kappa shape index (κ1) is 15.1. The summed E-state index contributed by atoms with van der Waals surface area (Å²) in [6.45, 7) is 0.721. The third-order valence-electron chi connectivity index (χ3n) is 5.64. The summed E-state index contributed by atoms with van der Waals surface area (Å²) in [7, 11) is 0. The second kappa shape index (κ2) is 6.45. The lowest BCUT2D eigenvalue weighted by Gasteiger charge is -2.24. The van der Waals surface area contributed by atoms with Crippen molar-refractivity contribution in [3.63, 3.8) is 0 Å². The molecule has 3 N–H and O–H groups in total. The van der Waals surface area contributed by atoms with Crippen molar-refractivity contribution in [2.24, 2.45) is 29.4 Å². The van der Waals surface area contributed by atoms with Crippen LogP contribution >= 0.6 is 12.4 Å². The van der Waals surface area contributed by atoms with Gasteiger partial charge in [0.2, 0.25) is 5.91 Å². The van der Waals surface area contributed by atoms with Gasteiger partial charge in [-0.2, -0.15) is 0 Å². The topological polar surface area (TPSA) is 55.1 Å². The van der Waals surface area contributed by atoms with Gasteiger partial charge in [0.05, 0.1) is 0 Å². The van der Waals surface area contributed by atoms with E-state index in [4.69, 9.17) is 5.73 Å². The summed E-state index contributed by atoms with van der Waals surface area (Å²) < 4.78 is 0. The Morgan fingerprint density at radius 1 is 1.11 bits per heavy atom. The van der Waals surface area contributed by atoms with E-state index in [2.05, 4.69) is 5.32 Å². The molecule has 3 saturated carbocycles. The van der Waals surface area contributed by atoms with Crippen molar-refractivity contribution in [1.82, 2.24) is 5.32 Å². The highest BCUT2D eigenvalue weighted by Crippen LogP contribution is 2.49. The summed E-state index contributed by atoms with van der Waals surface area (Å²) in [6.07, 6.45) is 9.81. The number of halogens is 1. The van der Waals surface area contributed by atoms with Crippen LogP contribution in [-0.4, -0.2) is 18.5 Å². The third-order valence-corrected chi connectivity index (χ3v) is 5.64. The third kappa shape index (κ3) is 3.25. The molecule has 0 saturated heterocycles. The van der Waals surface area contributed by atoms with Gasteiger partial charge in [0, 0.05) is 12.5 Å². The molecule has 110 valence electrons. The minimum atomic E-state index is 0. The Hall–Kier alpha value is -0.280. The molecule has 0 aromatic carbocycles. The second-order valence-corrected chi connectivity index (χ2v) is 6.74. The van der Waals surface area contributed by atoms with E-state index in [0.29, 0.717) is 17.9 Å². The minimum absolute atomic E-state index is 0. The maximum atomic E-state index is 12.1. The Bertz CT molecular complexity index is 313. The number of nitrogens with one attached hydrogen (secondary N) is 1. The summed E-state index contributed by atoms with van der Waals surface area (Å²) in [6, 6.07) is 0.362. The maximum Gasteiger partial charge on any atom is 0.220 e.